The van der Waals surface area contributed by atoms with Gasteiger partial charge in [0.05, 0.1) is 12.7 Å². The predicted molar refractivity (Wildman–Crippen MR) is 130 cm³/mol. The average Bonchev–Trinajstić information content (AvgIpc) is 3.40. The number of methoxy groups -OCH3 is 1. The molecule has 0 bridgehead atoms. The molecule has 0 aliphatic carbocycles. The molecule has 0 radical (unpaired) electrons. The number of carbonyl (C=O) groups excluding carboxylic acids is 2. The lowest BCUT2D eigenvalue weighted by Crippen LogP contribution is -2.23. The van der Waals surface area contributed by atoms with Gasteiger partial charge in [0.2, 0.25) is 0 Å². The Balaban J connectivity index is 1.63. The highest BCUT2D eigenvalue weighted by atomic mass is 16.5. The summed E-state index contributed by atoms with van der Waals surface area (Å²) in [5.41, 5.74) is 2.76. The second-order valence-corrected chi connectivity index (χ2v) is 7.84. The number of carbonyl (C=O) groups is 2. The van der Waals surface area contributed by atoms with Gasteiger partial charge in [-0.05, 0) is 17.2 Å². The van der Waals surface area contributed by atoms with Crippen molar-refractivity contribution in [2.75, 3.05) is 7.11 Å². The first kappa shape index (κ1) is 22.1. The van der Waals surface area contributed by atoms with Crippen molar-refractivity contribution in [1.29, 1.82) is 0 Å². The monoisotopic (exact) mass is 466 g/mol. The fourth-order valence-electron chi connectivity index (χ4n) is 4.00. The van der Waals surface area contributed by atoms with E-state index in [0.29, 0.717) is 28.5 Å². The summed E-state index contributed by atoms with van der Waals surface area (Å²) in [7, 11) is 1.30. The first-order valence-corrected chi connectivity index (χ1v) is 11.0. The zero-order chi connectivity index (χ0) is 24.2. The van der Waals surface area contributed by atoms with Crippen LogP contribution >= 0.6 is 0 Å². The van der Waals surface area contributed by atoms with Crippen molar-refractivity contribution in [3.63, 3.8) is 0 Å². The maximum absolute atomic E-state index is 13.3. The van der Waals surface area contributed by atoms with Gasteiger partial charge in [-0.2, -0.15) is 5.10 Å². The summed E-state index contributed by atoms with van der Waals surface area (Å²) in [4.78, 5) is 30.4. The third kappa shape index (κ3) is 4.29. The largest absolute Gasteiger partial charge is 0.486 e. The van der Waals surface area contributed by atoms with Crippen LogP contribution in [-0.4, -0.2) is 33.6 Å². The molecule has 5 rings (SSSR count). The van der Waals surface area contributed by atoms with Gasteiger partial charge < -0.3 is 14.8 Å². The maximum atomic E-state index is 13.3. The lowest BCUT2D eigenvalue weighted by Gasteiger charge is -2.16. The molecule has 0 saturated carbocycles. The van der Waals surface area contributed by atoms with Crippen molar-refractivity contribution in [2.45, 2.75) is 13.2 Å². The van der Waals surface area contributed by atoms with Crippen LogP contribution in [0, 0.1) is 0 Å². The Kier molecular flexibility index (Phi) is 6.09. The Labute approximate surface area is 201 Å². The fourth-order valence-corrected chi connectivity index (χ4v) is 4.00. The zero-order valence-electron chi connectivity index (χ0n) is 19.0. The van der Waals surface area contributed by atoms with Crippen LogP contribution in [0.15, 0.2) is 85.2 Å². The molecule has 5 aromatic rings. The van der Waals surface area contributed by atoms with Crippen molar-refractivity contribution in [3.8, 4) is 5.75 Å². The van der Waals surface area contributed by atoms with Crippen LogP contribution in [-0.2, 0) is 17.9 Å². The van der Waals surface area contributed by atoms with Gasteiger partial charge in [0.1, 0.15) is 12.9 Å². The first-order valence-electron chi connectivity index (χ1n) is 11.0. The van der Waals surface area contributed by atoms with E-state index in [-0.39, 0.29) is 24.0 Å². The van der Waals surface area contributed by atoms with Gasteiger partial charge in [-0.25, -0.2) is 14.3 Å². The highest BCUT2D eigenvalue weighted by molar-refractivity contribution is 6.15. The molecule has 0 fully saturated rings. The fraction of sp³-hybridized carbons (Fsp3) is 0.111. The summed E-state index contributed by atoms with van der Waals surface area (Å²) in [6, 6.07) is 24.5. The van der Waals surface area contributed by atoms with E-state index in [1.165, 1.54) is 18.0 Å². The molecule has 0 unspecified atom stereocenters. The number of fused-ring (bicyclic) bond motifs is 3. The van der Waals surface area contributed by atoms with Crippen LogP contribution in [0.3, 0.4) is 0 Å². The molecule has 8 heteroatoms. The number of pyridine rings is 1. The van der Waals surface area contributed by atoms with E-state index >= 15 is 0 Å². The number of esters is 1. The Morgan fingerprint density at radius 3 is 2.34 bits per heavy atom. The molecule has 2 aromatic heterocycles. The van der Waals surface area contributed by atoms with Crippen LogP contribution < -0.4 is 10.1 Å². The summed E-state index contributed by atoms with van der Waals surface area (Å²) in [5.74, 6) is -0.625. The number of ether oxygens (including phenoxy) is 2. The van der Waals surface area contributed by atoms with Gasteiger partial charge >= 0.3 is 5.97 Å². The topological polar surface area (TPSA) is 94.8 Å². The Morgan fingerprint density at radius 2 is 1.63 bits per heavy atom. The molecule has 1 amide bonds. The van der Waals surface area contributed by atoms with Gasteiger partial charge in [-0.3, -0.25) is 4.79 Å². The van der Waals surface area contributed by atoms with E-state index in [1.807, 2.05) is 60.7 Å². The number of benzene rings is 3. The molecular weight excluding hydrogens is 444 g/mol. The van der Waals surface area contributed by atoms with Gasteiger partial charge in [0, 0.05) is 17.3 Å². The number of hydrogen-bond donors (Lipinski definition) is 1. The third-order valence-corrected chi connectivity index (χ3v) is 5.65. The minimum absolute atomic E-state index is 0.102. The maximum Gasteiger partial charge on any atom is 0.360 e. The molecule has 8 nitrogen and oxygen atoms in total. The third-order valence-electron chi connectivity index (χ3n) is 5.65. The van der Waals surface area contributed by atoms with Crippen LogP contribution in [0.2, 0.25) is 0 Å². The molecule has 1 N–H and O–H groups in total. The minimum atomic E-state index is -0.621. The lowest BCUT2D eigenvalue weighted by molar-refractivity contribution is 0.0585. The van der Waals surface area contributed by atoms with Gasteiger partial charge in [-0.1, -0.05) is 72.8 Å². The van der Waals surface area contributed by atoms with Crippen LogP contribution in [0.4, 0.5) is 0 Å². The standard InChI is InChI=1S/C27H22N4O4/c1-34-27(33)23-24(35-16-19-11-6-3-7-12-19)20-13-8-14-21(22(20)25-29-17-30-31(23)25)26(32)28-15-18-9-4-2-5-10-18/h2-14,17H,15-16H2,1H3,(H,28,32). The molecule has 0 spiro atoms. The normalized spacial score (nSPS) is 10.9. The molecule has 0 atom stereocenters. The molecule has 174 valence electrons. The quantitative estimate of drug-likeness (QED) is 0.362. The molecule has 3 aromatic carbocycles. The van der Waals surface area contributed by atoms with Crippen molar-refractivity contribution < 1.29 is 19.1 Å². The zero-order valence-corrected chi connectivity index (χ0v) is 19.0. The van der Waals surface area contributed by atoms with Crippen molar-refractivity contribution >= 4 is 28.3 Å². The summed E-state index contributed by atoms with van der Waals surface area (Å²) < 4.78 is 12.6. The molecular formula is C27H22N4O4. The second kappa shape index (κ2) is 9.64. The Morgan fingerprint density at radius 1 is 0.914 bits per heavy atom. The highest BCUT2D eigenvalue weighted by Gasteiger charge is 2.26. The van der Waals surface area contributed by atoms with E-state index in [2.05, 4.69) is 15.4 Å². The molecule has 0 aliphatic heterocycles. The van der Waals surface area contributed by atoms with Gasteiger partial charge in [-0.15, -0.1) is 0 Å². The van der Waals surface area contributed by atoms with Crippen molar-refractivity contribution in [3.05, 3.63) is 108 Å². The summed E-state index contributed by atoms with van der Waals surface area (Å²) in [5, 5.41) is 8.30. The average molecular weight is 466 g/mol. The Hall–Kier alpha value is -4.72. The van der Waals surface area contributed by atoms with E-state index < -0.39 is 5.97 Å². The smallest absolute Gasteiger partial charge is 0.360 e. The summed E-state index contributed by atoms with van der Waals surface area (Å²) in [6.45, 7) is 0.585. The van der Waals surface area contributed by atoms with E-state index in [9.17, 15) is 9.59 Å². The van der Waals surface area contributed by atoms with E-state index in [1.54, 1.807) is 18.2 Å². The number of rotatable bonds is 7. The second-order valence-electron chi connectivity index (χ2n) is 7.84. The van der Waals surface area contributed by atoms with Gasteiger partial charge in [0.15, 0.2) is 17.1 Å². The number of hydrogen-bond acceptors (Lipinski definition) is 6. The molecule has 35 heavy (non-hydrogen) atoms. The number of nitrogens with zero attached hydrogens (tertiary/aromatic N) is 3. The molecule has 0 aliphatic rings. The van der Waals surface area contributed by atoms with Crippen LogP contribution in [0.5, 0.6) is 5.75 Å². The minimum Gasteiger partial charge on any atom is -0.486 e. The molecule has 2 heterocycles. The number of amides is 1. The van der Waals surface area contributed by atoms with E-state index in [0.717, 1.165) is 11.1 Å². The first-order chi connectivity index (χ1) is 17.2. The predicted octanol–water partition coefficient (Wildman–Crippen LogP) is 4.18. The highest BCUT2D eigenvalue weighted by Crippen LogP contribution is 2.35. The van der Waals surface area contributed by atoms with Crippen LogP contribution in [0.25, 0.3) is 16.4 Å². The van der Waals surface area contributed by atoms with Gasteiger partial charge in [0.25, 0.3) is 5.91 Å². The lowest BCUT2D eigenvalue weighted by atomic mass is 10.0. The van der Waals surface area contributed by atoms with Crippen molar-refractivity contribution in [1.82, 2.24) is 19.9 Å². The Bertz CT molecular complexity index is 1510. The number of aromatic nitrogens is 3. The molecule has 0 saturated heterocycles. The van der Waals surface area contributed by atoms with E-state index in [4.69, 9.17) is 9.47 Å². The van der Waals surface area contributed by atoms with Crippen molar-refractivity contribution in [2.24, 2.45) is 0 Å². The van der Waals surface area contributed by atoms with Crippen LogP contribution in [0.1, 0.15) is 32.0 Å². The number of nitrogens with one attached hydrogen (secondary N) is 1. The summed E-state index contributed by atoms with van der Waals surface area (Å²) in [6.07, 6.45) is 1.33. The SMILES string of the molecule is COC(=O)c1c(OCc2ccccc2)c2cccc(C(=O)NCc3ccccc3)c2c2ncnn12. The summed E-state index contributed by atoms with van der Waals surface area (Å²) >= 11 is 0.